The standard InChI is InChI=1S/C32H38N4O5.C13H14ClN3/c1-34(29-8-9-30(39)33-31(29)40)32(41)28-7-6-27(18-26(28)21-38)36-16-10-22(11-17-36)19-35-14-12-25(13-15-35)24-4-2-23(20-37)3-5-24;1-16-6-13(7-16)8-17(9-13)11-3-2-10(5-15)12(14)4-11/h2-7,18,20-22,25,29H,8-17,19H2,1H3,(H,33,39,40);2-4H,6-9H2,1H3. The summed E-state index contributed by atoms with van der Waals surface area (Å²) >= 11 is 6.04. The number of aldehydes is 2. The highest BCUT2D eigenvalue weighted by Gasteiger charge is 2.50. The van der Waals surface area contributed by atoms with Gasteiger partial charge in [0.15, 0.2) is 6.29 Å². The second-order valence-electron chi connectivity index (χ2n) is 16.9. The lowest BCUT2D eigenvalue weighted by molar-refractivity contribution is -0.136. The van der Waals surface area contributed by atoms with E-state index in [-0.39, 0.29) is 24.3 Å². The van der Waals surface area contributed by atoms with Gasteiger partial charge in [-0.15, -0.1) is 0 Å². The van der Waals surface area contributed by atoms with Crippen LogP contribution in [0.5, 0.6) is 0 Å². The number of likely N-dealkylation sites (N-methyl/N-ethyl adjacent to an activating group) is 1. The fourth-order valence-corrected chi connectivity index (χ4v) is 9.71. The minimum Gasteiger partial charge on any atom is -0.371 e. The third kappa shape index (κ3) is 9.12. The van der Waals surface area contributed by atoms with Gasteiger partial charge in [-0.05, 0) is 106 Å². The normalized spacial score (nSPS) is 21.2. The van der Waals surface area contributed by atoms with E-state index in [2.05, 4.69) is 50.2 Å². The topological polar surface area (TPSA) is 137 Å². The molecule has 5 aliphatic heterocycles. The molecule has 5 heterocycles. The number of anilines is 2. The summed E-state index contributed by atoms with van der Waals surface area (Å²) < 4.78 is 0. The summed E-state index contributed by atoms with van der Waals surface area (Å²) in [5.74, 6) is -0.0485. The molecule has 304 valence electrons. The Hall–Kier alpha value is -5.09. The molecule has 5 aliphatic rings. The van der Waals surface area contributed by atoms with Gasteiger partial charge in [-0.3, -0.25) is 29.3 Å². The number of piperidine rings is 3. The largest absolute Gasteiger partial charge is 0.371 e. The Bertz CT molecular complexity index is 2060. The first kappa shape index (κ1) is 41.1. The lowest BCUT2D eigenvalue weighted by Crippen LogP contribution is -2.71. The van der Waals surface area contributed by atoms with Crippen LogP contribution >= 0.6 is 11.6 Å². The lowest BCUT2D eigenvalue weighted by Gasteiger charge is -2.60. The van der Waals surface area contributed by atoms with Crippen molar-refractivity contribution in [3.05, 3.63) is 93.5 Å². The van der Waals surface area contributed by atoms with Crippen molar-refractivity contribution in [1.82, 2.24) is 20.0 Å². The van der Waals surface area contributed by atoms with E-state index in [4.69, 9.17) is 16.9 Å². The van der Waals surface area contributed by atoms with Gasteiger partial charge in [-0.2, -0.15) is 5.26 Å². The molecule has 58 heavy (non-hydrogen) atoms. The summed E-state index contributed by atoms with van der Waals surface area (Å²) in [5, 5.41) is 11.7. The molecule has 5 fully saturated rings. The molecule has 5 saturated heterocycles. The highest BCUT2D eigenvalue weighted by Crippen LogP contribution is 2.41. The average molecular weight is 806 g/mol. The Morgan fingerprint density at radius 1 is 0.879 bits per heavy atom. The highest BCUT2D eigenvalue weighted by molar-refractivity contribution is 6.32. The van der Waals surface area contributed by atoms with E-state index < -0.39 is 17.9 Å². The van der Waals surface area contributed by atoms with E-state index in [9.17, 15) is 24.0 Å². The van der Waals surface area contributed by atoms with Gasteiger partial charge in [0, 0.05) is 87.2 Å². The molecule has 0 radical (unpaired) electrons. The van der Waals surface area contributed by atoms with E-state index in [1.54, 1.807) is 18.2 Å². The van der Waals surface area contributed by atoms with E-state index in [1.807, 2.05) is 30.3 Å². The van der Waals surface area contributed by atoms with Gasteiger partial charge in [0.2, 0.25) is 11.8 Å². The fraction of sp³-hybridized carbons (Fsp3) is 0.467. The van der Waals surface area contributed by atoms with E-state index in [0.29, 0.717) is 39.7 Å². The Balaban J connectivity index is 0.000000249. The minimum atomic E-state index is -0.737. The van der Waals surface area contributed by atoms with Crippen LogP contribution in [0.3, 0.4) is 0 Å². The summed E-state index contributed by atoms with van der Waals surface area (Å²) in [6.07, 6.45) is 6.45. The molecule has 3 aromatic rings. The monoisotopic (exact) mass is 805 g/mol. The van der Waals surface area contributed by atoms with Crippen LogP contribution in [0.1, 0.15) is 86.6 Å². The highest BCUT2D eigenvalue weighted by atomic mass is 35.5. The summed E-state index contributed by atoms with van der Waals surface area (Å²) in [7, 11) is 3.69. The number of carbonyl (C=O) groups is 5. The molecule has 1 atom stereocenters. The lowest BCUT2D eigenvalue weighted by atomic mass is 9.73. The van der Waals surface area contributed by atoms with Gasteiger partial charge in [0.25, 0.3) is 5.91 Å². The van der Waals surface area contributed by atoms with Gasteiger partial charge in [-0.1, -0.05) is 35.9 Å². The zero-order valence-electron chi connectivity index (χ0n) is 33.4. The molecule has 12 nitrogen and oxygen atoms in total. The number of rotatable bonds is 9. The Morgan fingerprint density at radius 2 is 1.55 bits per heavy atom. The molecule has 3 amide bonds. The van der Waals surface area contributed by atoms with Crippen LogP contribution in [-0.4, -0.2) is 124 Å². The van der Waals surface area contributed by atoms with Crippen molar-refractivity contribution in [3.63, 3.8) is 0 Å². The second-order valence-corrected chi connectivity index (χ2v) is 17.3. The first-order valence-electron chi connectivity index (χ1n) is 20.3. The molecule has 8 rings (SSSR count). The zero-order valence-corrected chi connectivity index (χ0v) is 34.1. The van der Waals surface area contributed by atoms with E-state index >= 15 is 0 Å². The van der Waals surface area contributed by atoms with Crippen molar-refractivity contribution in [2.45, 2.75) is 50.5 Å². The van der Waals surface area contributed by atoms with Crippen molar-refractivity contribution < 1.29 is 24.0 Å². The minimum absolute atomic E-state index is 0.180. The van der Waals surface area contributed by atoms with Crippen molar-refractivity contribution in [2.24, 2.45) is 11.3 Å². The van der Waals surface area contributed by atoms with Gasteiger partial charge in [-0.25, -0.2) is 0 Å². The number of nitriles is 1. The molecule has 1 spiro atoms. The van der Waals surface area contributed by atoms with Crippen LogP contribution in [0.4, 0.5) is 11.4 Å². The predicted octanol–water partition coefficient (Wildman–Crippen LogP) is 5.25. The maximum atomic E-state index is 13.2. The number of hydrogen-bond acceptors (Lipinski definition) is 10. The maximum absolute atomic E-state index is 13.2. The molecule has 3 aromatic carbocycles. The zero-order chi connectivity index (χ0) is 41.0. The Labute approximate surface area is 345 Å². The molecule has 13 heteroatoms. The maximum Gasteiger partial charge on any atom is 0.255 e. The number of hydrogen-bond donors (Lipinski definition) is 1. The SMILES string of the molecule is CN(C(=O)c1ccc(N2CCC(CN3CCC(c4ccc(C=O)cc4)CC3)CC2)cc1C=O)C1CCC(=O)NC1=O.CN1CC2(C1)CN(c1ccc(C#N)c(Cl)c1)C2. The summed E-state index contributed by atoms with van der Waals surface area (Å²) in [6, 6.07) is 20.4. The first-order chi connectivity index (χ1) is 28.0. The molecule has 0 aliphatic carbocycles. The van der Waals surface area contributed by atoms with Gasteiger partial charge in [0.05, 0.1) is 16.1 Å². The summed E-state index contributed by atoms with van der Waals surface area (Å²) in [4.78, 5) is 70.6. The average Bonchev–Trinajstić information content (AvgIpc) is 3.21. The van der Waals surface area contributed by atoms with Crippen molar-refractivity contribution in [2.75, 3.05) is 82.8 Å². The van der Waals surface area contributed by atoms with Crippen LogP contribution in [0.2, 0.25) is 5.02 Å². The Kier molecular flexibility index (Phi) is 12.6. The fourth-order valence-electron chi connectivity index (χ4n) is 9.49. The number of nitrogens with zero attached hydrogens (tertiary/aromatic N) is 6. The van der Waals surface area contributed by atoms with Crippen LogP contribution in [0, 0.1) is 22.7 Å². The number of nitrogens with one attached hydrogen (secondary N) is 1. The second kappa shape index (κ2) is 17.8. The third-order valence-corrected chi connectivity index (χ3v) is 13.0. The van der Waals surface area contributed by atoms with Crippen LogP contribution in [0.25, 0.3) is 0 Å². The Morgan fingerprint density at radius 3 is 2.16 bits per heavy atom. The number of likely N-dealkylation sites (tertiary alicyclic amines) is 2. The summed E-state index contributed by atoms with van der Waals surface area (Å²) in [5.41, 5.74) is 5.74. The van der Waals surface area contributed by atoms with Crippen molar-refractivity contribution >= 4 is 53.3 Å². The molecular formula is C45H52ClN7O5. The number of benzene rings is 3. The quantitative estimate of drug-likeness (QED) is 0.226. The van der Waals surface area contributed by atoms with E-state index in [0.717, 1.165) is 94.7 Å². The van der Waals surface area contributed by atoms with Crippen LogP contribution < -0.4 is 15.1 Å². The first-order valence-corrected chi connectivity index (χ1v) is 20.7. The number of amides is 3. The molecule has 0 aromatic heterocycles. The van der Waals surface area contributed by atoms with E-state index in [1.165, 1.54) is 30.6 Å². The molecule has 0 bridgehead atoms. The predicted molar refractivity (Wildman–Crippen MR) is 224 cm³/mol. The number of halogens is 1. The van der Waals surface area contributed by atoms with Gasteiger partial charge < -0.3 is 24.5 Å². The van der Waals surface area contributed by atoms with Gasteiger partial charge in [0.1, 0.15) is 18.4 Å². The van der Waals surface area contributed by atoms with Crippen molar-refractivity contribution in [1.29, 1.82) is 5.26 Å². The molecule has 1 unspecified atom stereocenters. The molecule has 1 N–H and O–H groups in total. The third-order valence-electron chi connectivity index (χ3n) is 12.7. The summed E-state index contributed by atoms with van der Waals surface area (Å²) in [6.45, 7) is 9.69. The van der Waals surface area contributed by atoms with Gasteiger partial charge >= 0.3 is 0 Å². The van der Waals surface area contributed by atoms with Crippen molar-refractivity contribution in [3.8, 4) is 6.07 Å². The molecular weight excluding hydrogens is 754 g/mol. The van der Waals surface area contributed by atoms with Crippen LogP contribution in [-0.2, 0) is 9.59 Å². The molecule has 0 saturated carbocycles. The smallest absolute Gasteiger partial charge is 0.255 e. The number of carbonyl (C=O) groups excluding carboxylic acids is 5. The number of imide groups is 1. The van der Waals surface area contributed by atoms with Crippen LogP contribution in [0.15, 0.2) is 60.7 Å².